The Bertz CT molecular complexity index is 392. The zero-order valence-electron chi connectivity index (χ0n) is 10.2. The van der Waals surface area contributed by atoms with Gasteiger partial charge in [0.1, 0.15) is 11.4 Å². The van der Waals surface area contributed by atoms with Gasteiger partial charge in [-0.2, -0.15) is 0 Å². The Kier molecular flexibility index (Phi) is 2.83. The van der Waals surface area contributed by atoms with Crippen LogP contribution in [0.5, 0.6) is 5.75 Å². The quantitative estimate of drug-likeness (QED) is 0.740. The van der Waals surface area contributed by atoms with Crippen LogP contribution in [0.4, 0.5) is 0 Å². The fraction of sp³-hybridized carbons (Fsp3) is 0.600. The van der Waals surface area contributed by atoms with Gasteiger partial charge in [-0.1, -0.05) is 31.0 Å². The maximum absolute atomic E-state index is 10.3. The molecule has 2 heteroatoms. The summed E-state index contributed by atoms with van der Waals surface area (Å²) in [6, 6.07) is 7.92. The Hall–Kier alpha value is -1.02. The van der Waals surface area contributed by atoms with Gasteiger partial charge in [0.25, 0.3) is 0 Å². The summed E-state index contributed by atoms with van der Waals surface area (Å²) in [6.07, 6.45) is 7.69. The standard InChI is InChI=1S/C15H20O2/c16-13-11-15(9-5-1-2-6-10-15)17-14-8-4-3-7-12(13)14/h3-4,7-8,13,16H,1-2,5-6,9-11H2. The van der Waals surface area contributed by atoms with Crippen molar-refractivity contribution < 1.29 is 9.84 Å². The second kappa shape index (κ2) is 4.34. The summed E-state index contributed by atoms with van der Waals surface area (Å²) in [5.41, 5.74) is 0.868. The normalized spacial score (nSPS) is 27.0. The van der Waals surface area contributed by atoms with Crippen molar-refractivity contribution in [2.75, 3.05) is 0 Å². The molecule has 2 nitrogen and oxygen atoms in total. The zero-order chi connectivity index (χ0) is 11.7. The summed E-state index contributed by atoms with van der Waals surface area (Å²) in [7, 11) is 0. The van der Waals surface area contributed by atoms with Crippen molar-refractivity contribution in [1.29, 1.82) is 0 Å². The van der Waals surface area contributed by atoms with E-state index in [-0.39, 0.29) is 11.7 Å². The van der Waals surface area contributed by atoms with Gasteiger partial charge in [-0.15, -0.1) is 0 Å². The summed E-state index contributed by atoms with van der Waals surface area (Å²) >= 11 is 0. The molecule has 1 spiro atoms. The van der Waals surface area contributed by atoms with E-state index in [2.05, 4.69) is 0 Å². The maximum atomic E-state index is 10.3. The number of fused-ring (bicyclic) bond motifs is 1. The molecule has 92 valence electrons. The summed E-state index contributed by atoms with van der Waals surface area (Å²) < 4.78 is 6.25. The van der Waals surface area contributed by atoms with Crippen molar-refractivity contribution in [2.45, 2.75) is 56.7 Å². The minimum absolute atomic E-state index is 0.0930. The number of aliphatic hydroxyl groups is 1. The fourth-order valence-electron chi connectivity index (χ4n) is 3.27. The van der Waals surface area contributed by atoms with E-state index in [4.69, 9.17) is 4.74 Å². The number of rotatable bonds is 0. The molecule has 0 bridgehead atoms. The second-order valence-corrected chi connectivity index (χ2v) is 5.46. The predicted molar refractivity (Wildman–Crippen MR) is 67.1 cm³/mol. The Labute approximate surface area is 103 Å². The fourth-order valence-corrected chi connectivity index (χ4v) is 3.27. The van der Waals surface area contributed by atoms with Gasteiger partial charge in [0.05, 0.1) is 6.10 Å². The zero-order valence-corrected chi connectivity index (χ0v) is 10.2. The first kappa shape index (κ1) is 11.1. The van der Waals surface area contributed by atoms with Crippen molar-refractivity contribution in [3.8, 4) is 5.75 Å². The van der Waals surface area contributed by atoms with Crippen LogP contribution in [0.1, 0.15) is 56.6 Å². The Morgan fingerprint density at radius 1 is 1.06 bits per heavy atom. The predicted octanol–water partition coefficient (Wildman–Crippen LogP) is 3.60. The van der Waals surface area contributed by atoms with Crippen molar-refractivity contribution in [3.05, 3.63) is 29.8 Å². The first-order valence-corrected chi connectivity index (χ1v) is 6.75. The van der Waals surface area contributed by atoms with Crippen LogP contribution >= 0.6 is 0 Å². The van der Waals surface area contributed by atoms with Gasteiger partial charge in [0.2, 0.25) is 0 Å². The Morgan fingerprint density at radius 2 is 1.76 bits per heavy atom. The molecule has 0 saturated heterocycles. The molecule has 1 aliphatic carbocycles. The highest BCUT2D eigenvalue weighted by Crippen LogP contribution is 2.45. The summed E-state index contributed by atoms with van der Waals surface area (Å²) in [4.78, 5) is 0. The third kappa shape index (κ3) is 2.06. The lowest BCUT2D eigenvalue weighted by molar-refractivity contribution is -0.0244. The van der Waals surface area contributed by atoms with Crippen LogP contribution in [-0.4, -0.2) is 10.7 Å². The van der Waals surface area contributed by atoms with Gasteiger partial charge in [0, 0.05) is 12.0 Å². The smallest absolute Gasteiger partial charge is 0.125 e. The van der Waals surface area contributed by atoms with Crippen LogP contribution in [-0.2, 0) is 0 Å². The van der Waals surface area contributed by atoms with Crippen LogP contribution in [0.2, 0.25) is 0 Å². The molecular weight excluding hydrogens is 212 g/mol. The topological polar surface area (TPSA) is 29.5 Å². The third-order valence-electron chi connectivity index (χ3n) is 4.18. The van der Waals surface area contributed by atoms with E-state index in [9.17, 15) is 5.11 Å². The van der Waals surface area contributed by atoms with Crippen LogP contribution < -0.4 is 4.74 Å². The highest BCUT2D eigenvalue weighted by Gasteiger charge is 2.40. The minimum Gasteiger partial charge on any atom is -0.487 e. The summed E-state index contributed by atoms with van der Waals surface area (Å²) in [5, 5.41) is 10.3. The van der Waals surface area contributed by atoms with E-state index in [0.717, 1.165) is 30.6 Å². The van der Waals surface area contributed by atoms with Gasteiger partial charge < -0.3 is 9.84 Å². The highest BCUT2D eigenvalue weighted by molar-refractivity contribution is 5.38. The van der Waals surface area contributed by atoms with E-state index >= 15 is 0 Å². The minimum atomic E-state index is -0.349. The molecule has 1 fully saturated rings. The Balaban J connectivity index is 1.91. The lowest BCUT2D eigenvalue weighted by Crippen LogP contribution is -2.40. The lowest BCUT2D eigenvalue weighted by Gasteiger charge is -2.40. The number of benzene rings is 1. The van der Waals surface area contributed by atoms with Crippen molar-refractivity contribution in [1.82, 2.24) is 0 Å². The molecule has 3 rings (SSSR count). The molecule has 1 aromatic carbocycles. The Morgan fingerprint density at radius 3 is 2.53 bits per heavy atom. The first-order valence-electron chi connectivity index (χ1n) is 6.75. The molecule has 1 atom stereocenters. The molecule has 1 saturated carbocycles. The van der Waals surface area contributed by atoms with E-state index < -0.39 is 0 Å². The third-order valence-corrected chi connectivity index (χ3v) is 4.18. The molecule has 0 amide bonds. The van der Waals surface area contributed by atoms with Crippen molar-refractivity contribution in [3.63, 3.8) is 0 Å². The average Bonchev–Trinajstić information content (AvgIpc) is 2.55. The number of para-hydroxylation sites is 1. The van der Waals surface area contributed by atoms with E-state index in [1.807, 2.05) is 24.3 Å². The lowest BCUT2D eigenvalue weighted by atomic mass is 9.83. The van der Waals surface area contributed by atoms with Gasteiger partial charge in [0.15, 0.2) is 0 Å². The summed E-state index contributed by atoms with van der Waals surface area (Å²) in [5.74, 6) is 0.896. The number of ether oxygens (including phenoxy) is 1. The molecule has 17 heavy (non-hydrogen) atoms. The van der Waals surface area contributed by atoms with E-state index in [0.29, 0.717) is 0 Å². The molecule has 1 aliphatic heterocycles. The molecule has 1 N–H and O–H groups in total. The molecule has 1 unspecified atom stereocenters. The van der Waals surface area contributed by atoms with Gasteiger partial charge in [-0.3, -0.25) is 0 Å². The molecule has 2 aliphatic rings. The largest absolute Gasteiger partial charge is 0.487 e. The molecule has 0 aromatic heterocycles. The van der Waals surface area contributed by atoms with Crippen molar-refractivity contribution >= 4 is 0 Å². The maximum Gasteiger partial charge on any atom is 0.125 e. The first-order chi connectivity index (χ1) is 8.29. The molecule has 0 radical (unpaired) electrons. The number of hydrogen-bond acceptors (Lipinski definition) is 2. The van der Waals surface area contributed by atoms with Crippen LogP contribution in [0.3, 0.4) is 0 Å². The van der Waals surface area contributed by atoms with Gasteiger partial charge >= 0.3 is 0 Å². The van der Waals surface area contributed by atoms with Crippen LogP contribution in [0, 0.1) is 0 Å². The van der Waals surface area contributed by atoms with Crippen molar-refractivity contribution in [2.24, 2.45) is 0 Å². The highest BCUT2D eigenvalue weighted by atomic mass is 16.5. The molecule has 1 aromatic rings. The van der Waals surface area contributed by atoms with Crippen LogP contribution in [0.15, 0.2) is 24.3 Å². The molecule has 1 heterocycles. The summed E-state index contributed by atoms with van der Waals surface area (Å²) in [6.45, 7) is 0. The van der Waals surface area contributed by atoms with Gasteiger partial charge in [-0.25, -0.2) is 0 Å². The number of aliphatic hydroxyl groups excluding tert-OH is 1. The molecular formula is C15H20O2. The van der Waals surface area contributed by atoms with Gasteiger partial charge in [-0.05, 0) is 31.7 Å². The monoisotopic (exact) mass is 232 g/mol. The second-order valence-electron chi connectivity index (χ2n) is 5.46. The SMILES string of the molecule is OC1CC2(CCCCCC2)Oc2ccccc21. The van der Waals surface area contributed by atoms with E-state index in [1.165, 1.54) is 25.7 Å². The van der Waals surface area contributed by atoms with Crippen LogP contribution in [0.25, 0.3) is 0 Å². The average molecular weight is 232 g/mol. The van der Waals surface area contributed by atoms with E-state index in [1.54, 1.807) is 0 Å². The number of hydrogen-bond donors (Lipinski definition) is 1.